The highest BCUT2D eigenvalue weighted by atomic mass is 16.5. The number of hydrogen-bond donors (Lipinski definition) is 1. The van der Waals surface area contributed by atoms with Gasteiger partial charge < -0.3 is 24.1 Å². The van der Waals surface area contributed by atoms with Crippen LogP contribution in [0.5, 0.6) is 17.2 Å². The molecule has 41 heavy (non-hydrogen) atoms. The summed E-state index contributed by atoms with van der Waals surface area (Å²) >= 11 is 0. The number of carboxylic acid groups (broad SMARTS) is 1. The first-order chi connectivity index (χ1) is 19.9. The lowest BCUT2D eigenvalue weighted by Crippen LogP contribution is -2.70. The minimum Gasteiger partial charge on any atom is -0.493 e. The SMILES string of the molecule is COc1cc([C@@H](C(=O)[N@@+]2([C@@H](C)COCc3ccccc3)CCCCC2C(=O)O)C2CCCCC2)cc(OC)c1OC. The Balaban J connectivity index is 1.78. The molecule has 1 heterocycles. The summed E-state index contributed by atoms with van der Waals surface area (Å²) in [6, 6.07) is 12.5. The highest BCUT2D eigenvalue weighted by Crippen LogP contribution is 2.47. The first kappa shape index (κ1) is 30.8. The standard InChI is InChI=1S/C33H45NO7/c1-23(21-41-22-24-13-7-5-8-14-24)34(18-12-11-17-27(34)33(36)37)32(35)30(25-15-9-6-10-16-25)26-19-28(38-2)31(40-4)29(20-26)39-3/h5,7-8,13-14,19-20,23,25,27,30H,6,9-12,15-18,21-22H2,1-4H3/p+1/t23-,27?,30-,34+/m0/s1. The second-order valence-electron chi connectivity index (χ2n) is 11.5. The summed E-state index contributed by atoms with van der Waals surface area (Å²) in [5.74, 6) is 0.114. The number of quaternary nitrogens is 1. The van der Waals surface area contributed by atoms with Gasteiger partial charge in [-0.05, 0) is 61.8 Å². The minimum absolute atomic E-state index is 0.0333. The van der Waals surface area contributed by atoms with Gasteiger partial charge in [-0.15, -0.1) is 0 Å². The summed E-state index contributed by atoms with van der Waals surface area (Å²) in [5, 5.41) is 10.5. The summed E-state index contributed by atoms with van der Waals surface area (Å²) in [6.07, 6.45) is 7.15. The van der Waals surface area contributed by atoms with Gasteiger partial charge in [-0.2, -0.15) is 0 Å². The average Bonchev–Trinajstić information content (AvgIpc) is 3.01. The van der Waals surface area contributed by atoms with Crippen LogP contribution < -0.4 is 14.2 Å². The van der Waals surface area contributed by atoms with E-state index < -0.39 is 17.9 Å². The molecule has 0 spiro atoms. The lowest BCUT2D eigenvalue weighted by Gasteiger charge is -2.49. The number of hydrogen-bond acceptors (Lipinski definition) is 6. The molecule has 2 aliphatic rings. The number of ether oxygens (including phenoxy) is 4. The topological polar surface area (TPSA) is 91.3 Å². The van der Waals surface area contributed by atoms with Gasteiger partial charge in [-0.1, -0.05) is 49.6 Å². The number of carbonyl (C=O) groups is 2. The van der Waals surface area contributed by atoms with Gasteiger partial charge in [0.15, 0.2) is 17.5 Å². The van der Waals surface area contributed by atoms with E-state index in [9.17, 15) is 9.90 Å². The number of carbonyl (C=O) groups excluding carboxylic acids is 1. The van der Waals surface area contributed by atoms with Crippen LogP contribution in [0.2, 0.25) is 0 Å². The molecule has 8 nitrogen and oxygen atoms in total. The minimum atomic E-state index is -0.916. The largest absolute Gasteiger partial charge is 0.493 e. The van der Waals surface area contributed by atoms with Crippen LogP contribution in [-0.2, 0) is 20.9 Å². The summed E-state index contributed by atoms with van der Waals surface area (Å²) in [7, 11) is 4.71. The second kappa shape index (κ2) is 14.2. The molecule has 1 saturated carbocycles. The fraction of sp³-hybridized carbons (Fsp3) is 0.576. The monoisotopic (exact) mass is 568 g/mol. The fourth-order valence-corrected chi connectivity index (χ4v) is 7.10. The van der Waals surface area contributed by atoms with E-state index in [2.05, 4.69) is 0 Å². The number of amides is 1. The fourth-order valence-electron chi connectivity index (χ4n) is 7.10. The van der Waals surface area contributed by atoms with Crippen LogP contribution in [0.15, 0.2) is 42.5 Å². The van der Waals surface area contributed by atoms with Crippen molar-refractivity contribution < 1.29 is 38.1 Å². The molecule has 4 atom stereocenters. The summed E-state index contributed by atoms with van der Waals surface area (Å²) < 4.78 is 23.0. The zero-order valence-corrected chi connectivity index (χ0v) is 25.0. The van der Waals surface area contributed by atoms with Crippen molar-refractivity contribution in [2.75, 3.05) is 34.5 Å². The molecule has 1 aliphatic carbocycles. The van der Waals surface area contributed by atoms with Gasteiger partial charge in [0.1, 0.15) is 12.0 Å². The van der Waals surface area contributed by atoms with Crippen LogP contribution >= 0.6 is 0 Å². The van der Waals surface area contributed by atoms with Crippen LogP contribution in [-0.4, -0.2) is 68.0 Å². The van der Waals surface area contributed by atoms with Crippen LogP contribution in [0, 0.1) is 5.92 Å². The molecule has 2 aromatic rings. The Labute approximate surface area is 244 Å². The lowest BCUT2D eigenvalue weighted by atomic mass is 9.74. The zero-order valence-electron chi connectivity index (χ0n) is 25.0. The number of methoxy groups -OCH3 is 3. The summed E-state index contributed by atoms with van der Waals surface area (Å²) in [6.45, 7) is 3.17. The highest BCUT2D eigenvalue weighted by Gasteiger charge is 2.56. The molecule has 4 rings (SSSR count). The third-order valence-corrected chi connectivity index (χ3v) is 9.20. The number of nitrogens with zero attached hydrogens (tertiary/aromatic N) is 1. The van der Waals surface area contributed by atoms with Gasteiger partial charge in [0, 0.05) is 6.42 Å². The van der Waals surface area contributed by atoms with Crippen molar-refractivity contribution in [3.05, 3.63) is 53.6 Å². The molecule has 1 aliphatic heterocycles. The van der Waals surface area contributed by atoms with E-state index in [1.54, 1.807) is 21.3 Å². The Kier molecular flexibility index (Phi) is 10.7. The predicted octanol–water partition coefficient (Wildman–Crippen LogP) is 5.96. The molecule has 2 aromatic carbocycles. The van der Waals surface area contributed by atoms with Crippen molar-refractivity contribution in [3.8, 4) is 17.2 Å². The first-order valence-electron chi connectivity index (χ1n) is 14.9. The maximum atomic E-state index is 15.2. The van der Waals surface area contributed by atoms with E-state index >= 15 is 4.79 Å². The average molecular weight is 569 g/mol. The molecular formula is C33H46NO7+. The first-order valence-corrected chi connectivity index (χ1v) is 14.9. The molecule has 8 heteroatoms. The van der Waals surface area contributed by atoms with Gasteiger partial charge in [0.2, 0.25) is 5.75 Å². The smallest absolute Gasteiger partial charge is 0.363 e. The molecule has 1 N–H and O–H groups in total. The normalized spacial score (nSPS) is 22.9. The van der Waals surface area contributed by atoms with E-state index in [0.29, 0.717) is 36.8 Å². The van der Waals surface area contributed by atoms with E-state index in [1.807, 2.05) is 49.4 Å². The third kappa shape index (κ3) is 6.54. The van der Waals surface area contributed by atoms with Crippen molar-refractivity contribution in [2.45, 2.75) is 82.9 Å². The third-order valence-electron chi connectivity index (χ3n) is 9.20. The van der Waals surface area contributed by atoms with Crippen molar-refractivity contribution in [1.82, 2.24) is 0 Å². The van der Waals surface area contributed by atoms with E-state index in [4.69, 9.17) is 18.9 Å². The number of benzene rings is 2. The molecule has 0 radical (unpaired) electrons. The van der Waals surface area contributed by atoms with E-state index in [1.165, 1.54) is 0 Å². The maximum Gasteiger partial charge on any atom is 0.363 e. The van der Waals surface area contributed by atoms with Crippen molar-refractivity contribution in [2.24, 2.45) is 5.92 Å². The summed E-state index contributed by atoms with van der Waals surface area (Å²) in [5.41, 5.74) is 1.84. The number of carboxylic acids is 1. The Morgan fingerprint density at radius 3 is 2.12 bits per heavy atom. The van der Waals surface area contributed by atoms with Crippen LogP contribution in [0.25, 0.3) is 0 Å². The molecular weight excluding hydrogens is 522 g/mol. The number of aliphatic carboxylic acids is 1. The highest BCUT2D eigenvalue weighted by molar-refractivity contribution is 5.83. The predicted molar refractivity (Wildman–Crippen MR) is 156 cm³/mol. The molecule has 224 valence electrons. The Hall–Kier alpha value is -3.10. The van der Waals surface area contributed by atoms with E-state index in [0.717, 1.165) is 56.1 Å². The van der Waals surface area contributed by atoms with Crippen molar-refractivity contribution in [1.29, 1.82) is 0 Å². The van der Waals surface area contributed by atoms with Gasteiger partial charge in [-0.3, -0.25) is 0 Å². The molecule has 2 fully saturated rings. The Morgan fingerprint density at radius 2 is 1.54 bits per heavy atom. The molecule has 0 bridgehead atoms. The van der Waals surface area contributed by atoms with Gasteiger partial charge >= 0.3 is 11.9 Å². The Morgan fingerprint density at radius 1 is 0.902 bits per heavy atom. The number of rotatable bonds is 12. The van der Waals surface area contributed by atoms with E-state index in [-0.39, 0.29) is 29.0 Å². The van der Waals surface area contributed by atoms with Crippen molar-refractivity contribution >= 4 is 11.9 Å². The number of piperidine rings is 1. The zero-order chi connectivity index (χ0) is 29.4. The van der Waals surface area contributed by atoms with Gasteiger partial charge in [-0.25, -0.2) is 14.1 Å². The van der Waals surface area contributed by atoms with Gasteiger partial charge in [0.25, 0.3) is 0 Å². The summed E-state index contributed by atoms with van der Waals surface area (Å²) in [4.78, 5) is 28.0. The van der Waals surface area contributed by atoms with Crippen LogP contribution in [0.1, 0.15) is 75.3 Å². The van der Waals surface area contributed by atoms with Crippen molar-refractivity contribution in [3.63, 3.8) is 0 Å². The lowest BCUT2D eigenvalue weighted by molar-refractivity contribution is -0.900. The molecule has 1 saturated heterocycles. The Bertz CT molecular complexity index is 1140. The number of likely N-dealkylation sites (tertiary alicyclic amines) is 1. The van der Waals surface area contributed by atoms with Gasteiger partial charge in [0.05, 0.1) is 41.1 Å². The molecule has 1 amide bonds. The van der Waals surface area contributed by atoms with Crippen LogP contribution in [0.3, 0.4) is 0 Å². The maximum absolute atomic E-state index is 15.2. The molecule has 1 unspecified atom stereocenters. The van der Waals surface area contributed by atoms with Crippen LogP contribution in [0.4, 0.5) is 0 Å². The second-order valence-corrected chi connectivity index (χ2v) is 11.5. The quantitative estimate of drug-likeness (QED) is 0.316. The molecule has 0 aromatic heterocycles.